The predicted molar refractivity (Wildman–Crippen MR) is 73.5 cm³/mol. The van der Waals surface area contributed by atoms with Crippen molar-refractivity contribution in [1.82, 2.24) is 0 Å². The van der Waals surface area contributed by atoms with E-state index in [-0.39, 0.29) is 5.82 Å². The SMILES string of the molecule is CC(O)c1cc(F)ccc1N(C)Cc1ccsc1. The molecule has 4 heteroatoms. The van der Waals surface area contributed by atoms with Crippen molar-refractivity contribution in [3.63, 3.8) is 0 Å². The lowest BCUT2D eigenvalue weighted by Crippen LogP contribution is -2.18. The smallest absolute Gasteiger partial charge is 0.123 e. The second-order valence-corrected chi connectivity index (χ2v) is 5.15. The van der Waals surface area contributed by atoms with Crippen LogP contribution < -0.4 is 4.90 Å². The minimum Gasteiger partial charge on any atom is -0.389 e. The van der Waals surface area contributed by atoms with Gasteiger partial charge in [-0.15, -0.1) is 0 Å². The first-order valence-electron chi connectivity index (χ1n) is 5.77. The number of aliphatic hydroxyl groups is 1. The molecular formula is C14H16FNOS. The van der Waals surface area contributed by atoms with Crippen LogP contribution >= 0.6 is 11.3 Å². The minimum absolute atomic E-state index is 0.321. The number of hydrogen-bond donors (Lipinski definition) is 1. The molecule has 0 amide bonds. The highest BCUT2D eigenvalue weighted by molar-refractivity contribution is 7.07. The summed E-state index contributed by atoms with van der Waals surface area (Å²) in [5, 5.41) is 13.8. The van der Waals surface area contributed by atoms with Gasteiger partial charge in [-0.2, -0.15) is 11.3 Å². The van der Waals surface area contributed by atoms with Gasteiger partial charge in [0.15, 0.2) is 0 Å². The number of thiophene rings is 1. The van der Waals surface area contributed by atoms with E-state index in [1.54, 1.807) is 24.3 Å². The van der Waals surface area contributed by atoms with Crippen molar-refractivity contribution in [2.75, 3.05) is 11.9 Å². The zero-order valence-electron chi connectivity index (χ0n) is 10.4. The molecule has 0 bridgehead atoms. The van der Waals surface area contributed by atoms with Crippen LogP contribution in [0.4, 0.5) is 10.1 Å². The molecule has 0 saturated heterocycles. The fourth-order valence-corrected chi connectivity index (χ4v) is 2.61. The monoisotopic (exact) mass is 265 g/mol. The first-order valence-corrected chi connectivity index (χ1v) is 6.72. The van der Waals surface area contributed by atoms with Gasteiger partial charge in [0.2, 0.25) is 0 Å². The molecule has 0 fully saturated rings. The third-order valence-corrected chi connectivity index (χ3v) is 3.58. The lowest BCUT2D eigenvalue weighted by molar-refractivity contribution is 0.199. The summed E-state index contributed by atoms with van der Waals surface area (Å²) < 4.78 is 13.2. The maximum Gasteiger partial charge on any atom is 0.123 e. The van der Waals surface area contributed by atoms with Gasteiger partial charge in [-0.3, -0.25) is 0 Å². The molecule has 0 aliphatic rings. The number of benzene rings is 1. The normalized spacial score (nSPS) is 12.4. The Morgan fingerprint density at radius 1 is 1.39 bits per heavy atom. The second-order valence-electron chi connectivity index (χ2n) is 4.37. The van der Waals surface area contributed by atoms with Crippen LogP contribution in [0.1, 0.15) is 24.2 Å². The first kappa shape index (κ1) is 13.1. The molecule has 0 saturated carbocycles. The van der Waals surface area contributed by atoms with E-state index in [1.165, 1.54) is 17.7 Å². The average Bonchev–Trinajstić information content (AvgIpc) is 2.81. The molecule has 2 nitrogen and oxygen atoms in total. The molecule has 96 valence electrons. The molecule has 0 aliphatic carbocycles. The molecule has 1 aromatic carbocycles. The fraction of sp³-hybridized carbons (Fsp3) is 0.286. The number of aliphatic hydroxyl groups excluding tert-OH is 1. The second kappa shape index (κ2) is 5.50. The van der Waals surface area contributed by atoms with Gasteiger partial charge in [0.25, 0.3) is 0 Å². The highest BCUT2D eigenvalue weighted by atomic mass is 32.1. The van der Waals surface area contributed by atoms with Crippen LogP contribution in [0, 0.1) is 5.82 Å². The topological polar surface area (TPSA) is 23.5 Å². The van der Waals surface area contributed by atoms with E-state index in [4.69, 9.17) is 0 Å². The summed E-state index contributed by atoms with van der Waals surface area (Å²) in [6.07, 6.45) is -0.680. The lowest BCUT2D eigenvalue weighted by Gasteiger charge is -2.23. The van der Waals surface area contributed by atoms with Crippen LogP contribution in [0.15, 0.2) is 35.0 Å². The molecule has 2 aromatic rings. The van der Waals surface area contributed by atoms with Crippen LogP contribution in [-0.4, -0.2) is 12.2 Å². The summed E-state index contributed by atoms with van der Waals surface area (Å²) in [6.45, 7) is 2.39. The van der Waals surface area contributed by atoms with Gasteiger partial charge in [-0.05, 0) is 47.5 Å². The van der Waals surface area contributed by atoms with Crippen molar-refractivity contribution >= 4 is 17.0 Å². The zero-order valence-corrected chi connectivity index (χ0v) is 11.2. The molecule has 0 radical (unpaired) electrons. The van der Waals surface area contributed by atoms with E-state index in [2.05, 4.69) is 11.4 Å². The van der Waals surface area contributed by atoms with Crippen LogP contribution in [0.2, 0.25) is 0 Å². The molecule has 1 N–H and O–H groups in total. The number of rotatable bonds is 4. The summed E-state index contributed by atoms with van der Waals surface area (Å²) in [5.41, 5.74) is 2.69. The maximum atomic E-state index is 13.2. The van der Waals surface area contributed by atoms with Gasteiger partial charge < -0.3 is 10.0 Å². The summed E-state index contributed by atoms with van der Waals surface area (Å²) in [4.78, 5) is 2.02. The van der Waals surface area contributed by atoms with Crippen LogP contribution in [0.25, 0.3) is 0 Å². The van der Waals surface area contributed by atoms with Crippen molar-refractivity contribution in [2.24, 2.45) is 0 Å². The van der Waals surface area contributed by atoms with Crippen LogP contribution in [0.3, 0.4) is 0 Å². The Hall–Kier alpha value is -1.39. The van der Waals surface area contributed by atoms with Crippen molar-refractivity contribution in [3.05, 3.63) is 52.0 Å². The largest absolute Gasteiger partial charge is 0.389 e. The highest BCUT2D eigenvalue weighted by Crippen LogP contribution is 2.27. The summed E-state index contributed by atoms with van der Waals surface area (Å²) in [7, 11) is 1.94. The molecule has 1 atom stereocenters. The van der Waals surface area contributed by atoms with E-state index in [1.807, 2.05) is 17.3 Å². The van der Waals surface area contributed by atoms with Crippen molar-refractivity contribution in [2.45, 2.75) is 19.6 Å². The van der Waals surface area contributed by atoms with Crippen LogP contribution in [0.5, 0.6) is 0 Å². The van der Waals surface area contributed by atoms with E-state index in [0.717, 1.165) is 12.2 Å². The Morgan fingerprint density at radius 3 is 2.78 bits per heavy atom. The van der Waals surface area contributed by atoms with Crippen molar-refractivity contribution in [3.8, 4) is 0 Å². The average molecular weight is 265 g/mol. The third kappa shape index (κ3) is 2.89. The standard InChI is InChI=1S/C14H16FNOS/c1-10(17)13-7-12(15)3-4-14(13)16(2)8-11-5-6-18-9-11/h3-7,9-10,17H,8H2,1-2H3. The van der Waals surface area contributed by atoms with E-state index < -0.39 is 6.10 Å². The van der Waals surface area contributed by atoms with Crippen molar-refractivity contribution in [1.29, 1.82) is 0 Å². The predicted octanol–water partition coefficient (Wildman–Crippen LogP) is 3.58. The minimum atomic E-state index is -0.680. The van der Waals surface area contributed by atoms with Gasteiger partial charge in [-0.1, -0.05) is 0 Å². The molecule has 1 unspecified atom stereocenters. The van der Waals surface area contributed by atoms with Crippen molar-refractivity contribution < 1.29 is 9.50 Å². The Bertz CT molecular complexity index is 511. The molecule has 2 rings (SSSR count). The summed E-state index contributed by atoms with van der Waals surface area (Å²) >= 11 is 1.65. The molecular weight excluding hydrogens is 249 g/mol. The Morgan fingerprint density at radius 2 is 2.17 bits per heavy atom. The molecule has 18 heavy (non-hydrogen) atoms. The van der Waals surface area contributed by atoms with Gasteiger partial charge in [0.1, 0.15) is 5.82 Å². The molecule has 0 aliphatic heterocycles. The van der Waals surface area contributed by atoms with Gasteiger partial charge in [0.05, 0.1) is 6.10 Å². The Kier molecular flexibility index (Phi) is 3.99. The van der Waals surface area contributed by atoms with Crippen LogP contribution in [-0.2, 0) is 6.54 Å². The van der Waals surface area contributed by atoms with E-state index in [9.17, 15) is 9.50 Å². The molecule has 0 spiro atoms. The van der Waals surface area contributed by atoms with Gasteiger partial charge in [0, 0.05) is 24.8 Å². The summed E-state index contributed by atoms with van der Waals surface area (Å²) in [5.74, 6) is -0.321. The Balaban J connectivity index is 2.26. The third-order valence-electron chi connectivity index (χ3n) is 2.85. The van der Waals surface area contributed by atoms with Gasteiger partial charge >= 0.3 is 0 Å². The van der Waals surface area contributed by atoms with Gasteiger partial charge in [-0.25, -0.2) is 4.39 Å². The number of nitrogens with zero attached hydrogens (tertiary/aromatic N) is 1. The fourth-order valence-electron chi connectivity index (χ4n) is 1.95. The molecule has 1 aromatic heterocycles. The summed E-state index contributed by atoms with van der Waals surface area (Å²) in [6, 6.07) is 6.59. The van der Waals surface area contributed by atoms with E-state index >= 15 is 0 Å². The number of anilines is 1. The number of hydrogen-bond acceptors (Lipinski definition) is 3. The zero-order chi connectivity index (χ0) is 13.1. The number of halogens is 1. The Labute approximate surface area is 110 Å². The first-order chi connectivity index (χ1) is 8.58. The lowest BCUT2D eigenvalue weighted by atomic mass is 10.1. The maximum absolute atomic E-state index is 13.2. The quantitative estimate of drug-likeness (QED) is 0.913. The molecule has 1 heterocycles. The van der Waals surface area contributed by atoms with E-state index in [0.29, 0.717) is 5.56 Å². The highest BCUT2D eigenvalue weighted by Gasteiger charge is 2.13.